The van der Waals surface area contributed by atoms with Crippen molar-refractivity contribution in [2.75, 3.05) is 0 Å². The van der Waals surface area contributed by atoms with Crippen LogP contribution in [-0.4, -0.2) is 11.9 Å². The zero-order chi connectivity index (χ0) is 21.4. The van der Waals surface area contributed by atoms with Gasteiger partial charge in [-0.25, -0.2) is 4.79 Å². The largest absolute Gasteiger partial charge is 0.489 e. The topological polar surface area (TPSA) is 56.5 Å². The van der Waals surface area contributed by atoms with Crippen molar-refractivity contribution in [1.29, 1.82) is 0 Å². The molecule has 1 aliphatic heterocycles. The van der Waals surface area contributed by atoms with Crippen molar-refractivity contribution in [3.63, 3.8) is 0 Å². The van der Waals surface area contributed by atoms with Gasteiger partial charge in [0.25, 0.3) is 0 Å². The number of rotatable bonds is 4. The third-order valence-electron chi connectivity index (χ3n) is 5.85. The number of ether oxygens (including phenoxy) is 1. The lowest BCUT2D eigenvalue weighted by Crippen LogP contribution is -2.25. The average Bonchev–Trinajstić information content (AvgIpc) is 2.72. The molecule has 0 bridgehead atoms. The third kappa shape index (κ3) is 3.47. The van der Waals surface area contributed by atoms with Crippen LogP contribution in [-0.2, 0) is 6.42 Å². The Morgan fingerprint density at radius 3 is 2.63 bits per heavy atom. The van der Waals surface area contributed by atoms with Crippen molar-refractivity contribution in [3.8, 4) is 5.75 Å². The number of carbonyl (C=O) groups excluding carboxylic acids is 1. The summed E-state index contributed by atoms with van der Waals surface area (Å²) in [5.41, 5.74) is 4.26. The Morgan fingerprint density at radius 2 is 1.93 bits per heavy atom. The van der Waals surface area contributed by atoms with Gasteiger partial charge in [0.1, 0.15) is 17.4 Å². The van der Waals surface area contributed by atoms with E-state index in [0.717, 1.165) is 22.1 Å². The number of benzene rings is 2. The Hall–Kier alpha value is -3.14. The lowest BCUT2D eigenvalue weighted by atomic mass is 9.89. The normalized spacial score (nSPS) is 17.2. The molecule has 1 aliphatic rings. The molecule has 0 fully saturated rings. The van der Waals surface area contributed by atoms with Gasteiger partial charge in [0.2, 0.25) is 0 Å². The maximum absolute atomic E-state index is 13.0. The molecule has 1 aromatic heterocycles. The summed E-state index contributed by atoms with van der Waals surface area (Å²) in [6.07, 6.45) is 4.90. The molecule has 0 spiro atoms. The van der Waals surface area contributed by atoms with Gasteiger partial charge >= 0.3 is 5.63 Å². The summed E-state index contributed by atoms with van der Waals surface area (Å²) < 4.78 is 11.7. The molecular weight excluding hydrogens is 376 g/mol. The molecule has 2 atom stereocenters. The first kappa shape index (κ1) is 20.1. The molecule has 0 saturated carbocycles. The molecular formula is C26H26O4. The fraction of sp³-hybridized carbons (Fsp3) is 0.308. The molecule has 0 amide bonds. The lowest BCUT2D eigenvalue weighted by molar-refractivity contribution is 0.0871. The summed E-state index contributed by atoms with van der Waals surface area (Å²) in [7, 11) is 0. The van der Waals surface area contributed by atoms with Crippen molar-refractivity contribution in [3.05, 3.63) is 80.7 Å². The van der Waals surface area contributed by atoms with E-state index in [1.165, 1.54) is 11.6 Å². The second kappa shape index (κ2) is 7.94. The van der Waals surface area contributed by atoms with Gasteiger partial charge in [-0.15, -0.1) is 0 Å². The molecule has 0 aliphatic carbocycles. The maximum atomic E-state index is 13.0. The van der Waals surface area contributed by atoms with Gasteiger partial charge < -0.3 is 9.15 Å². The van der Waals surface area contributed by atoms with E-state index in [4.69, 9.17) is 9.15 Å². The summed E-state index contributed by atoms with van der Waals surface area (Å²) in [6.45, 7) is 8.03. The molecule has 4 rings (SSSR count). The molecule has 3 aromatic rings. The summed E-state index contributed by atoms with van der Waals surface area (Å²) >= 11 is 0. The maximum Gasteiger partial charge on any atom is 0.336 e. The van der Waals surface area contributed by atoms with Crippen LogP contribution in [0.15, 0.2) is 51.7 Å². The molecule has 4 heteroatoms. The van der Waals surface area contributed by atoms with E-state index in [-0.39, 0.29) is 24.2 Å². The highest BCUT2D eigenvalue weighted by atomic mass is 16.5. The quantitative estimate of drug-likeness (QED) is 0.515. The fourth-order valence-electron chi connectivity index (χ4n) is 4.24. The van der Waals surface area contributed by atoms with Crippen LogP contribution in [0.1, 0.15) is 65.7 Å². The summed E-state index contributed by atoms with van der Waals surface area (Å²) in [6, 6.07) is 11.8. The Bertz CT molecular complexity index is 1200. The van der Waals surface area contributed by atoms with E-state index >= 15 is 0 Å². The predicted molar refractivity (Wildman–Crippen MR) is 120 cm³/mol. The van der Waals surface area contributed by atoms with Gasteiger partial charge in [0.15, 0.2) is 11.4 Å². The lowest BCUT2D eigenvalue weighted by Gasteiger charge is -2.26. The Labute approximate surface area is 176 Å². The number of hydrogen-bond acceptors (Lipinski definition) is 4. The van der Waals surface area contributed by atoms with Gasteiger partial charge in [-0.1, -0.05) is 56.3 Å². The van der Waals surface area contributed by atoms with Crippen molar-refractivity contribution < 1.29 is 13.9 Å². The number of Topliss-reactive ketones (excluding diaryl/α,β-unsaturated/α-hetero) is 1. The molecule has 0 radical (unpaired) electrons. The van der Waals surface area contributed by atoms with E-state index in [2.05, 4.69) is 25.1 Å². The predicted octanol–water partition coefficient (Wildman–Crippen LogP) is 5.83. The van der Waals surface area contributed by atoms with E-state index < -0.39 is 5.63 Å². The molecule has 2 aromatic carbocycles. The molecule has 0 saturated heterocycles. The Kier molecular flexibility index (Phi) is 5.33. The molecule has 0 N–H and O–H groups in total. The minimum absolute atomic E-state index is 0.0455. The number of fused-ring (bicyclic) bond motifs is 3. The second-order valence-electron chi connectivity index (χ2n) is 8.01. The van der Waals surface area contributed by atoms with Gasteiger partial charge in [-0.05, 0) is 42.9 Å². The summed E-state index contributed by atoms with van der Waals surface area (Å²) in [4.78, 5) is 25.1. The summed E-state index contributed by atoms with van der Waals surface area (Å²) in [5.74, 6) is 0.681. The van der Waals surface area contributed by atoms with Crippen LogP contribution >= 0.6 is 0 Å². The van der Waals surface area contributed by atoms with Crippen molar-refractivity contribution >= 4 is 22.8 Å². The fourth-order valence-corrected chi connectivity index (χ4v) is 4.24. The smallest absolute Gasteiger partial charge is 0.336 e. The van der Waals surface area contributed by atoms with Crippen LogP contribution in [0.3, 0.4) is 0 Å². The molecule has 4 nitrogen and oxygen atoms in total. The number of allylic oxidation sites excluding steroid dienone is 1. The van der Waals surface area contributed by atoms with E-state index in [9.17, 15) is 9.59 Å². The SMILES string of the molecule is CCc1cc(=O)oc2c3c(c(/C=C\C(C)c4ccccc4)c(C)c12)OC(C)CC3=O. The van der Waals surface area contributed by atoms with Crippen LogP contribution in [0.4, 0.5) is 0 Å². The van der Waals surface area contributed by atoms with Crippen molar-refractivity contribution in [1.82, 2.24) is 0 Å². The van der Waals surface area contributed by atoms with E-state index in [1.807, 2.05) is 45.0 Å². The van der Waals surface area contributed by atoms with Gasteiger partial charge in [-0.2, -0.15) is 0 Å². The third-order valence-corrected chi connectivity index (χ3v) is 5.85. The van der Waals surface area contributed by atoms with Gasteiger partial charge in [-0.3, -0.25) is 4.79 Å². The average molecular weight is 402 g/mol. The minimum atomic E-state index is -0.437. The van der Waals surface area contributed by atoms with E-state index in [0.29, 0.717) is 23.3 Å². The Balaban J connectivity index is 1.97. The van der Waals surface area contributed by atoms with Crippen LogP contribution in [0.5, 0.6) is 5.75 Å². The monoisotopic (exact) mass is 402 g/mol. The van der Waals surface area contributed by atoms with E-state index in [1.54, 1.807) is 0 Å². The van der Waals surface area contributed by atoms with Gasteiger partial charge in [0.05, 0.1) is 0 Å². The van der Waals surface area contributed by atoms with Gasteiger partial charge in [0, 0.05) is 23.4 Å². The first-order valence-corrected chi connectivity index (χ1v) is 10.5. The number of aryl methyl sites for hydroxylation is 2. The van der Waals surface area contributed by atoms with Crippen molar-refractivity contribution in [2.24, 2.45) is 0 Å². The first-order chi connectivity index (χ1) is 14.4. The highest BCUT2D eigenvalue weighted by molar-refractivity contribution is 6.12. The molecule has 2 unspecified atom stereocenters. The standard InChI is InChI=1S/C26H26O4/c1-5-18-14-22(28)30-26-23(18)17(4)20(25-24(26)21(27)13-16(3)29-25)12-11-15(2)19-9-7-6-8-10-19/h6-12,14-16H,5,13H2,1-4H3/b12-11-. The van der Waals surface area contributed by atoms with Crippen LogP contribution in [0.25, 0.3) is 17.0 Å². The Morgan fingerprint density at radius 1 is 1.20 bits per heavy atom. The van der Waals surface area contributed by atoms with Crippen molar-refractivity contribution in [2.45, 2.75) is 52.6 Å². The highest BCUT2D eigenvalue weighted by Gasteiger charge is 2.31. The molecule has 30 heavy (non-hydrogen) atoms. The molecule has 2 heterocycles. The van der Waals surface area contributed by atoms with Crippen LogP contribution in [0.2, 0.25) is 0 Å². The summed E-state index contributed by atoms with van der Waals surface area (Å²) in [5, 5.41) is 0.842. The number of carbonyl (C=O) groups is 1. The number of ketones is 1. The zero-order valence-corrected chi connectivity index (χ0v) is 17.8. The number of hydrogen-bond donors (Lipinski definition) is 0. The minimum Gasteiger partial charge on any atom is -0.489 e. The van der Waals surface area contributed by atoms with Crippen LogP contribution < -0.4 is 10.4 Å². The second-order valence-corrected chi connectivity index (χ2v) is 8.01. The van der Waals surface area contributed by atoms with Crippen LogP contribution in [0, 0.1) is 6.92 Å². The molecule has 154 valence electrons. The zero-order valence-electron chi connectivity index (χ0n) is 17.8. The highest BCUT2D eigenvalue weighted by Crippen LogP contribution is 2.41. The first-order valence-electron chi connectivity index (χ1n) is 10.5.